The maximum atomic E-state index is 12.1. The maximum Gasteiger partial charge on any atom is 0.307 e. The van der Waals surface area contributed by atoms with Crippen molar-refractivity contribution in [1.29, 1.82) is 0 Å². The monoisotopic (exact) mass is 251 g/mol. The van der Waals surface area contributed by atoms with Gasteiger partial charge in [-0.05, 0) is 25.7 Å². The second-order valence-corrected chi connectivity index (χ2v) is 5.05. The van der Waals surface area contributed by atoms with Crippen molar-refractivity contribution >= 4 is 17.7 Å². The second-order valence-electron chi connectivity index (χ2n) is 5.05. The van der Waals surface area contributed by atoms with Crippen LogP contribution in [-0.4, -0.2) is 27.2 Å². The Balaban J connectivity index is 2.06. The summed E-state index contributed by atoms with van der Waals surface area (Å²) in [5.41, 5.74) is 0.847. The zero-order valence-electron chi connectivity index (χ0n) is 10.4. The van der Waals surface area contributed by atoms with Crippen LogP contribution in [0.3, 0.4) is 0 Å². The van der Waals surface area contributed by atoms with Crippen molar-refractivity contribution in [2.75, 3.05) is 5.32 Å². The molecule has 3 atom stereocenters. The number of amides is 1. The van der Waals surface area contributed by atoms with Gasteiger partial charge in [-0.1, -0.05) is 6.92 Å². The Kier molecular flexibility index (Phi) is 3.36. The third kappa shape index (κ3) is 2.52. The number of carbonyl (C=O) groups is 2. The first-order chi connectivity index (χ1) is 8.47. The smallest absolute Gasteiger partial charge is 0.307 e. The van der Waals surface area contributed by atoms with Gasteiger partial charge in [0.1, 0.15) is 0 Å². The van der Waals surface area contributed by atoms with E-state index in [9.17, 15) is 9.59 Å². The van der Waals surface area contributed by atoms with E-state index in [4.69, 9.17) is 5.11 Å². The molecule has 0 aliphatic heterocycles. The molecule has 1 aromatic heterocycles. The molecule has 1 saturated carbocycles. The van der Waals surface area contributed by atoms with Crippen molar-refractivity contribution in [1.82, 2.24) is 10.2 Å². The molecule has 6 heteroatoms. The fraction of sp³-hybridized carbons (Fsp3) is 0.583. The van der Waals surface area contributed by atoms with E-state index in [1.54, 1.807) is 6.07 Å². The minimum Gasteiger partial charge on any atom is -0.481 e. The number of H-pyrrole nitrogens is 1. The van der Waals surface area contributed by atoms with Gasteiger partial charge in [0.25, 0.3) is 0 Å². The molecule has 0 spiro atoms. The lowest BCUT2D eigenvalue weighted by Crippen LogP contribution is -2.30. The largest absolute Gasteiger partial charge is 0.481 e. The molecule has 6 nitrogen and oxygen atoms in total. The lowest BCUT2D eigenvalue weighted by molar-refractivity contribution is -0.145. The van der Waals surface area contributed by atoms with Gasteiger partial charge in [0.15, 0.2) is 5.82 Å². The molecule has 1 fully saturated rings. The Morgan fingerprint density at radius 3 is 2.67 bits per heavy atom. The van der Waals surface area contributed by atoms with E-state index < -0.39 is 17.8 Å². The molecule has 0 saturated heterocycles. The number of hydrogen-bond acceptors (Lipinski definition) is 3. The summed E-state index contributed by atoms with van der Waals surface area (Å²) < 4.78 is 0. The molecule has 0 bridgehead atoms. The number of carboxylic acids is 1. The Hall–Kier alpha value is -1.85. The number of aryl methyl sites for hydroxylation is 1. The lowest BCUT2D eigenvalue weighted by Gasteiger charge is -2.14. The van der Waals surface area contributed by atoms with E-state index in [1.807, 2.05) is 13.8 Å². The average molecular weight is 251 g/mol. The standard InChI is InChI=1S/C12H17N3O3/c1-6-3-8(9(4-6)12(17)18)11(16)13-10-5-7(2)14-15-10/h5-6,8-9H,3-4H2,1-2H3,(H,17,18)(H2,13,14,15,16). The number of hydrogen-bond donors (Lipinski definition) is 3. The highest BCUT2D eigenvalue weighted by atomic mass is 16.4. The Bertz CT molecular complexity index is 469. The van der Waals surface area contributed by atoms with Crippen LogP contribution in [0.1, 0.15) is 25.5 Å². The second kappa shape index (κ2) is 4.80. The Labute approximate surface area is 105 Å². The van der Waals surface area contributed by atoms with Crippen molar-refractivity contribution in [2.45, 2.75) is 26.7 Å². The average Bonchev–Trinajstić information content (AvgIpc) is 2.85. The van der Waals surface area contributed by atoms with Gasteiger partial charge in [0, 0.05) is 11.8 Å². The molecule has 98 valence electrons. The molecule has 2 rings (SSSR count). The Morgan fingerprint density at radius 1 is 1.44 bits per heavy atom. The summed E-state index contributed by atoms with van der Waals surface area (Å²) in [5, 5.41) is 18.4. The van der Waals surface area contributed by atoms with E-state index in [0.717, 1.165) is 5.69 Å². The first-order valence-corrected chi connectivity index (χ1v) is 6.03. The molecular weight excluding hydrogens is 234 g/mol. The number of aromatic amines is 1. The highest BCUT2D eigenvalue weighted by Gasteiger charge is 2.41. The van der Waals surface area contributed by atoms with Gasteiger partial charge in [-0.15, -0.1) is 0 Å². The summed E-state index contributed by atoms with van der Waals surface area (Å²) >= 11 is 0. The molecule has 0 radical (unpaired) electrons. The molecule has 1 aliphatic carbocycles. The zero-order valence-corrected chi connectivity index (χ0v) is 10.4. The number of aromatic nitrogens is 2. The van der Waals surface area contributed by atoms with E-state index in [-0.39, 0.29) is 11.8 Å². The van der Waals surface area contributed by atoms with E-state index in [1.165, 1.54) is 0 Å². The summed E-state index contributed by atoms with van der Waals surface area (Å²) in [6.07, 6.45) is 1.18. The van der Waals surface area contributed by atoms with E-state index in [0.29, 0.717) is 18.7 Å². The van der Waals surface area contributed by atoms with Crippen LogP contribution in [0.4, 0.5) is 5.82 Å². The summed E-state index contributed by atoms with van der Waals surface area (Å²) in [6, 6.07) is 1.71. The van der Waals surface area contributed by atoms with Crippen LogP contribution >= 0.6 is 0 Å². The van der Waals surface area contributed by atoms with Crippen LogP contribution in [0, 0.1) is 24.7 Å². The van der Waals surface area contributed by atoms with Gasteiger partial charge in [0.05, 0.1) is 11.8 Å². The van der Waals surface area contributed by atoms with Gasteiger partial charge in [-0.25, -0.2) is 0 Å². The van der Waals surface area contributed by atoms with Crippen LogP contribution in [0.5, 0.6) is 0 Å². The van der Waals surface area contributed by atoms with Crippen molar-refractivity contribution < 1.29 is 14.7 Å². The molecule has 1 amide bonds. The predicted molar refractivity (Wildman–Crippen MR) is 65.0 cm³/mol. The molecule has 1 aromatic rings. The summed E-state index contributed by atoms with van der Waals surface area (Å²) in [4.78, 5) is 23.2. The fourth-order valence-electron chi connectivity index (χ4n) is 2.56. The van der Waals surface area contributed by atoms with E-state index >= 15 is 0 Å². The zero-order chi connectivity index (χ0) is 13.3. The summed E-state index contributed by atoms with van der Waals surface area (Å²) in [7, 11) is 0. The third-order valence-corrected chi connectivity index (χ3v) is 3.41. The highest BCUT2D eigenvalue weighted by molar-refractivity contribution is 5.94. The number of anilines is 1. The first kappa shape index (κ1) is 12.6. The SMILES string of the molecule is Cc1cc(NC(=O)C2CC(C)CC2C(=O)O)n[nH]1. The summed E-state index contributed by atoms with van der Waals surface area (Å²) in [6.45, 7) is 3.81. The number of nitrogens with one attached hydrogen (secondary N) is 2. The molecule has 0 aromatic carbocycles. The van der Waals surface area contributed by atoms with Crippen molar-refractivity contribution in [3.63, 3.8) is 0 Å². The summed E-state index contributed by atoms with van der Waals surface area (Å²) in [5.74, 6) is -1.48. The molecule has 18 heavy (non-hydrogen) atoms. The molecule has 3 N–H and O–H groups in total. The molecule has 1 aliphatic rings. The van der Waals surface area contributed by atoms with Gasteiger partial charge in [-0.3, -0.25) is 14.7 Å². The maximum absolute atomic E-state index is 12.1. The number of nitrogens with zero attached hydrogens (tertiary/aromatic N) is 1. The fourth-order valence-corrected chi connectivity index (χ4v) is 2.56. The van der Waals surface area contributed by atoms with Gasteiger partial charge < -0.3 is 10.4 Å². The third-order valence-electron chi connectivity index (χ3n) is 3.41. The van der Waals surface area contributed by atoms with Crippen LogP contribution in [-0.2, 0) is 9.59 Å². The highest BCUT2D eigenvalue weighted by Crippen LogP contribution is 2.37. The van der Waals surface area contributed by atoms with Crippen molar-refractivity contribution in [2.24, 2.45) is 17.8 Å². The van der Waals surface area contributed by atoms with Crippen LogP contribution in [0.2, 0.25) is 0 Å². The van der Waals surface area contributed by atoms with Gasteiger partial charge in [-0.2, -0.15) is 5.10 Å². The minimum atomic E-state index is -0.891. The Morgan fingerprint density at radius 2 is 2.11 bits per heavy atom. The quantitative estimate of drug-likeness (QED) is 0.756. The first-order valence-electron chi connectivity index (χ1n) is 6.03. The number of carbonyl (C=O) groups excluding carboxylic acids is 1. The van der Waals surface area contributed by atoms with Crippen LogP contribution in [0.15, 0.2) is 6.07 Å². The molecule has 3 unspecified atom stereocenters. The predicted octanol–water partition coefficient (Wildman–Crippen LogP) is 1.40. The van der Waals surface area contributed by atoms with Crippen LogP contribution < -0.4 is 5.32 Å². The molecular formula is C12H17N3O3. The minimum absolute atomic E-state index is 0.252. The van der Waals surface area contributed by atoms with E-state index in [2.05, 4.69) is 15.5 Å². The lowest BCUT2D eigenvalue weighted by atomic mass is 9.95. The van der Waals surface area contributed by atoms with Gasteiger partial charge >= 0.3 is 5.97 Å². The van der Waals surface area contributed by atoms with Crippen molar-refractivity contribution in [3.05, 3.63) is 11.8 Å². The number of rotatable bonds is 3. The number of aliphatic carboxylic acids is 1. The van der Waals surface area contributed by atoms with Crippen LogP contribution in [0.25, 0.3) is 0 Å². The normalized spacial score (nSPS) is 27.1. The van der Waals surface area contributed by atoms with Crippen molar-refractivity contribution in [3.8, 4) is 0 Å². The molecule has 1 heterocycles. The number of carboxylic acid groups (broad SMARTS) is 1. The van der Waals surface area contributed by atoms with Gasteiger partial charge in [0.2, 0.25) is 5.91 Å². The topological polar surface area (TPSA) is 95.1 Å².